The summed E-state index contributed by atoms with van der Waals surface area (Å²) in [6.45, 7) is 3.82. The van der Waals surface area contributed by atoms with Crippen molar-refractivity contribution in [3.63, 3.8) is 0 Å². The summed E-state index contributed by atoms with van der Waals surface area (Å²) in [6.07, 6.45) is 1.70. The highest BCUT2D eigenvalue weighted by Crippen LogP contribution is 2.19. The molecule has 7 heteroatoms. The molecule has 1 unspecified atom stereocenters. The molecule has 2 aromatic rings. The summed E-state index contributed by atoms with van der Waals surface area (Å²) in [4.78, 5) is 30.7. The molecule has 6 nitrogen and oxygen atoms in total. The maximum Gasteiger partial charge on any atom is 0.251 e. The van der Waals surface area contributed by atoms with Crippen LogP contribution in [0.4, 0.5) is 5.69 Å². The number of rotatable bonds is 6. The first-order valence-corrected chi connectivity index (χ1v) is 7.74. The van der Waals surface area contributed by atoms with Crippen molar-refractivity contribution in [1.29, 1.82) is 0 Å². The Balaban J connectivity index is 0.00000288. The summed E-state index contributed by atoms with van der Waals surface area (Å²) < 4.78 is 0. The van der Waals surface area contributed by atoms with E-state index in [1.165, 1.54) is 6.07 Å². The molecular formula is C17H23ClN4O2. The Hall–Kier alpha value is -2.18. The summed E-state index contributed by atoms with van der Waals surface area (Å²) in [5.41, 5.74) is 7.62. The minimum atomic E-state index is -0.182. The summed E-state index contributed by atoms with van der Waals surface area (Å²) >= 11 is 0. The van der Waals surface area contributed by atoms with Gasteiger partial charge >= 0.3 is 0 Å². The van der Waals surface area contributed by atoms with E-state index in [1.54, 1.807) is 12.1 Å². The summed E-state index contributed by atoms with van der Waals surface area (Å²) in [5, 5.41) is 2.84. The number of nitrogens with two attached hydrogens (primary N) is 1. The predicted octanol–water partition coefficient (Wildman–Crippen LogP) is 2.49. The second kappa shape index (κ2) is 9.20. The quantitative estimate of drug-likeness (QED) is 0.745. The Morgan fingerprint density at radius 2 is 2.12 bits per heavy atom. The monoisotopic (exact) mass is 350 g/mol. The second-order valence-electron chi connectivity index (χ2n) is 5.58. The fourth-order valence-corrected chi connectivity index (χ4v) is 2.15. The Labute approximate surface area is 147 Å². The normalized spacial score (nSPS) is 11.5. The third-order valence-electron chi connectivity index (χ3n) is 3.40. The number of aromatic nitrogens is 2. The molecule has 0 radical (unpaired) electrons. The lowest BCUT2D eigenvalue weighted by molar-refractivity contribution is -0.116. The molecule has 130 valence electrons. The lowest BCUT2D eigenvalue weighted by atomic mass is 10.1. The first kappa shape index (κ1) is 19.9. The Bertz CT molecular complexity index is 743. The SMILES string of the molecule is CCc1cc(=O)[nH]c(-c2cccc(NC(=O)CCC(C)N)c2)n1.Cl. The number of carbonyl (C=O) groups excluding carboxylic acids is 1. The largest absolute Gasteiger partial charge is 0.328 e. The van der Waals surface area contributed by atoms with Gasteiger partial charge in [-0.25, -0.2) is 4.98 Å². The number of nitrogens with zero attached hydrogens (tertiary/aromatic N) is 1. The highest BCUT2D eigenvalue weighted by molar-refractivity contribution is 5.91. The number of hydrogen-bond acceptors (Lipinski definition) is 4. The van der Waals surface area contributed by atoms with E-state index in [1.807, 2.05) is 26.0 Å². The van der Waals surface area contributed by atoms with Crippen LogP contribution in [0.5, 0.6) is 0 Å². The molecule has 4 N–H and O–H groups in total. The van der Waals surface area contributed by atoms with Crippen molar-refractivity contribution in [1.82, 2.24) is 9.97 Å². The van der Waals surface area contributed by atoms with Crippen molar-refractivity contribution in [2.45, 2.75) is 39.2 Å². The highest BCUT2D eigenvalue weighted by Gasteiger charge is 2.07. The summed E-state index contributed by atoms with van der Waals surface area (Å²) in [7, 11) is 0. The molecule has 0 aliphatic heterocycles. The molecule has 1 aromatic heterocycles. The number of hydrogen-bond donors (Lipinski definition) is 3. The van der Waals surface area contributed by atoms with Crippen LogP contribution in [0.1, 0.15) is 32.4 Å². The number of carbonyl (C=O) groups is 1. The molecule has 0 bridgehead atoms. The summed E-state index contributed by atoms with van der Waals surface area (Å²) in [6, 6.07) is 8.74. The van der Waals surface area contributed by atoms with Crippen LogP contribution >= 0.6 is 12.4 Å². The van der Waals surface area contributed by atoms with Gasteiger partial charge < -0.3 is 16.0 Å². The van der Waals surface area contributed by atoms with Crippen LogP contribution in [0.15, 0.2) is 35.1 Å². The maximum absolute atomic E-state index is 11.9. The van der Waals surface area contributed by atoms with Crippen LogP contribution in [0, 0.1) is 0 Å². The van der Waals surface area contributed by atoms with Crippen molar-refractivity contribution in [2.75, 3.05) is 5.32 Å². The predicted molar refractivity (Wildman–Crippen MR) is 98.4 cm³/mol. The van der Waals surface area contributed by atoms with Crippen molar-refractivity contribution in [2.24, 2.45) is 5.73 Å². The van der Waals surface area contributed by atoms with Gasteiger partial charge in [-0.15, -0.1) is 12.4 Å². The van der Waals surface area contributed by atoms with Gasteiger partial charge in [-0.2, -0.15) is 0 Å². The molecule has 0 aliphatic rings. The number of anilines is 1. The van der Waals surface area contributed by atoms with Crippen LogP contribution in [-0.2, 0) is 11.2 Å². The van der Waals surface area contributed by atoms with Crippen LogP contribution in [0.3, 0.4) is 0 Å². The van der Waals surface area contributed by atoms with Gasteiger partial charge in [0.05, 0.1) is 0 Å². The number of halogens is 1. The number of amides is 1. The molecule has 0 saturated heterocycles. The zero-order valence-electron chi connectivity index (χ0n) is 13.8. The van der Waals surface area contributed by atoms with Gasteiger partial charge in [-0.05, 0) is 31.9 Å². The minimum Gasteiger partial charge on any atom is -0.328 e. The first-order valence-electron chi connectivity index (χ1n) is 7.74. The van der Waals surface area contributed by atoms with Gasteiger partial charge in [0.25, 0.3) is 5.56 Å². The summed E-state index contributed by atoms with van der Waals surface area (Å²) in [5.74, 6) is 0.421. The third kappa shape index (κ3) is 5.79. The molecule has 0 spiro atoms. The number of H-pyrrole nitrogens is 1. The molecule has 1 amide bonds. The molecule has 0 saturated carbocycles. The van der Waals surface area contributed by atoms with Crippen molar-refractivity contribution in [3.05, 3.63) is 46.4 Å². The smallest absolute Gasteiger partial charge is 0.251 e. The molecule has 1 atom stereocenters. The van der Waals surface area contributed by atoms with E-state index in [0.717, 1.165) is 11.3 Å². The zero-order valence-corrected chi connectivity index (χ0v) is 14.7. The standard InChI is InChI=1S/C17H22N4O2.ClH/c1-3-13-10-16(23)21-17(20-13)12-5-4-6-14(9-12)19-15(22)8-7-11(2)18;/h4-6,9-11H,3,7-8,18H2,1-2H3,(H,19,22)(H,20,21,23);1H. The Kier molecular flexibility index (Phi) is 7.61. The zero-order chi connectivity index (χ0) is 16.8. The van der Waals surface area contributed by atoms with Gasteiger partial charge in [-0.1, -0.05) is 19.1 Å². The van der Waals surface area contributed by atoms with E-state index in [2.05, 4.69) is 15.3 Å². The number of aryl methyl sites for hydroxylation is 1. The van der Waals surface area contributed by atoms with Gasteiger partial charge in [0, 0.05) is 35.5 Å². The number of nitrogens with one attached hydrogen (secondary N) is 2. The number of aromatic amines is 1. The fourth-order valence-electron chi connectivity index (χ4n) is 2.15. The van der Waals surface area contributed by atoms with Crippen LogP contribution in [-0.4, -0.2) is 21.9 Å². The fraction of sp³-hybridized carbons (Fsp3) is 0.353. The molecule has 2 rings (SSSR count). The van der Waals surface area contributed by atoms with E-state index in [-0.39, 0.29) is 29.9 Å². The van der Waals surface area contributed by atoms with E-state index >= 15 is 0 Å². The van der Waals surface area contributed by atoms with Crippen molar-refractivity contribution < 1.29 is 4.79 Å². The molecular weight excluding hydrogens is 328 g/mol. The lowest BCUT2D eigenvalue weighted by Gasteiger charge is -2.09. The average molecular weight is 351 g/mol. The van der Waals surface area contributed by atoms with Crippen LogP contribution in [0.25, 0.3) is 11.4 Å². The molecule has 24 heavy (non-hydrogen) atoms. The van der Waals surface area contributed by atoms with E-state index in [4.69, 9.17) is 5.73 Å². The van der Waals surface area contributed by atoms with E-state index < -0.39 is 0 Å². The second-order valence-corrected chi connectivity index (χ2v) is 5.58. The Morgan fingerprint density at radius 3 is 2.79 bits per heavy atom. The average Bonchev–Trinajstić information content (AvgIpc) is 2.52. The van der Waals surface area contributed by atoms with Crippen LogP contribution in [0.2, 0.25) is 0 Å². The third-order valence-corrected chi connectivity index (χ3v) is 3.40. The minimum absolute atomic E-state index is 0. The van der Waals surface area contributed by atoms with E-state index in [9.17, 15) is 9.59 Å². The number of benzene rings is 1. The maximum atomic E-state index is 11.9. The lowest BCUT2D eigenvalue weighted by Crippen LogP contribution is -2.19. The Morgan fingerprint density at radius 1 is 1.38 bits per heavy atom. The van der Waals surface area contributed by atoms with Gasteiger partial charge in [0.2, 0.25) is 5.91 Å². The molecule has 0 aliphatic carbocycles. The molecule has 0 fully saturated rings. The molecule has 1 heterocycles. The van der Waals surface area contributed by atoms with Gasteiger partial charge in [0.15, 0.2) is 0 Å². The van der Waals surface area contributed by atoms with Crippen molar-refractivity contribution >= 4 is 24.0 Å². The van der Waals surface area contributed by atoms with E-state index in [0.29, 0.717) is 30.8 Å². The van der Waals surface area contributed by atoms with Crippen molar-refractivity contribution in [3.8, 4) is 11.4 Å². The highest BCUT2D eigenvalue weighted by atomic mass is 35.5. The topological polar surface area (TPSA) is 101 Å². The molecule has 1 aromatic carbocycles. The van der Waals surface area contributed by atoms with Gasteiger partial charge in [0.1, 0.15) is 5.82 Å². The van der Waals surface area contributed by atoms with Gasteiger partial charge in [-0.3, -0.25) is 9.59 Å². The first-order chi connectivity index (χ1) is 11.0. The van der Waals surface area contributed by atoms with Crippen LogP contribution < -0.4 is 16.6 Å².